The predicted molar refractivity (Wildman–Crippen MR) is 74.1 cm³/mol. The summed E-state index contributed by atoms with van der Waals surface area (Å²) in [6.07, 6.45) is 0. The summed E-state index contributed by atoms with van der Waals surface area (Å²) in [5, 5.41) is 0. The van der Waals surface area contributed by atoms with E-state index >= 15 is 0 Å². The Morgan fingerprint density at radius 1 is 1.22 bits per heavy atom. The maximum atomic E-state index is 12.0. The number of amides is 1. The zero-order valence-corrected chi connectivity index (χ0v) is 11.5. The number of carbonyl (C=O) groups is 1. The van der Waals surface area contributed by atoms with Gasteiger partial charge in [0.05, 0.1) is 6.04 Å². The summed E-state index contributed by atoms with van der Waals surface area (Å²) in [4.78, 5) is 15.9. The Balaban J connectivity index is 2.68. The molecule has 1 aromatic rings. The van der Waals surface area contributed by atoms with Crippen molar-refractivity contribution in [3.8, 4) is 0 Å². The molecule has 18 heavy (non-hydrogen) atoms. The van der Waals surface area contributed by atoms with E-state index in [2.05, 4.69) is 4.90 Å². The molecule has 0 heterocycles. The minimum absolute atomic E-state index is 0.000651. The summed E-state index contributed by atoms with van der Waals surface area (Å²) in [6.45, 7) is 3.89. The highest BCUT2D eigenvalue weighted by Gasteiger charge is 2.17. The fourth-order valence-electron chi connectivity index (χ4n) is 1.68. The fourth-order valence-corrected chi connectivity index (χ4v) is 1.68. The first-order valence-electron chi connectivity index (χ1n) is 6.23. The summed E-state index contributed by atoms with van der Waals surface area (Å²) in [6, 6.07) is 9.54. The van der Waals surface area contributed by atoms with Crippen LogP contribution in [-0.2, 0) is 11.3 Å². The van der Waals surface area contributed by atoms with Crippen LogP contribution in [0.15, 0.2) is 30.3 Å². The molecule has 0 radical (unpaired) electrons. The number of nitrogens with zero attached hydrogens (tertiary/aromatic N) is 2. The first kappa shape index (κ1) is 14.7. The Morgan fingerprint density at radius 2 is 1.83 bits per heavy atom. The first-order chi connectivity index (χ1) is 8.50. The quantitative estimate of drug-likeness (QED) is 0.816. The molecule has 0 aliphatic rings. The molecule has 1 unspecified atom stereocenters. The van der Waals surface area contributed by atoms with Crippen LogP contribution in [-0.4, -0.2) is 48.9 Å². The van der Waals surface area contributed by atoms with E-state index in [0.717, 1.165) is 12.1 Å². The van der Waals surface area contributed by atoms with Gasteiger partial charge in [-0.2, -0.15) is 0 Å². The molecular weight excluding hydrogens is 226 g/mol. The van der Waals surface area contributed by atoms with Crippen molar-refractivity contribution in [3.63, 3.8) is 0 Å². The molecule has 4 nitrogen and oxygen atoms in total. The zero-order valence-electron chi connectivity index (χ0n) is 11.5. The van der Waals surface area contributed by atoms with Crippen LogP contribution in [0.5, 0.6) is 0 Å². The van der Waals surface area contributed by atoms with Crippen molar-refractivity contribution in [1.82, 2.24) is 9.80 Å². The lowest BCUT2D eigenvalue weighted by Gasteiger charge is -2.26. The maximum Gasteiger partial charge on any atom is 0.239 e. The van der Waals surface area contributed by atoms with Crippen LogP contribution in [0.25, 0.3) is 0 Å². The van der Waals surface area contributed by atoms with E-state index in [4.69, 9.17) is 5.73 Å². The van der Waals surface area contributed by atoms with Crippen molar-refractivity contribution in [2.24, 2.45) is 5.73 Å². The van der Waals surface area contributed by atoms with E-state index in [1.807, 2.05) is 49.3 Å². The van der Waals surface area contributed by atoms with Crippen LogP contribution in [0.4, 0.5) is 0 Å². The van der Waals surface area contributed by atoms with Crippen molar-refractivity contribution >= 4 is 5.91 Å². The molecule has 2 N–H and O–H groups in total. The Hall–Kier alpha value is -1.39. The van der Waals surface area contributed by atoms with Gasteiger partial charge in [0.15, 0.2) is 0 Å². The number of benzene rings is 1. The molecule has 1 atom stereocenters. The number of nitrogens with two attached hydrogens (primary N) is 1. The molecule has 1 amide bonds. The van der Waals surface area contributed by atoms with Crippen molar-refractivity contribution in [1.29, 1.82) is 0 Å². The van der Waals surface area contributed by atoms with Gasteiger partial charge >= 0.3 is 0 Å². The minimum Gasteiger partial charge on any atom is -0.336 e. The molecule has 1 rings (SSSR count). The summed E-state index contributed by atoms with van der Waals surface area (Å²) in [7, 11) is 3.99. The van der Waals surface area contributed by atoms with Gasteiger partial charge in [0.2, 0.25) is 5.91 Å². The summed E-state index contributed by atoms with van der Waals surface area (Å²) in [5.74, 6) is 0.000651. The molecule has 0 bridgehead atoms. The molecule has 0 saturated heterocycles. The van der Waals surface area contributed by atoms with Gasteiger partial charge in [-0.1, -0.05) is 30.3 Å². The minimum atomic E-state index is -0.448. The Labute approximate surface area is 109 Å². The lowest BCUT2D eigenvalue weighted by atomic mass is 10.2. The van der Waals surface area contributed by atoms with Crippen LogP contribution in [0.3, 0.4) is 0 Å². The van der Waals surface area contributed by atoms with Crippen LogP contribution < -0.4 is 5.73 Å². The molecule has 0 aliphatic carbocycles. The average molecular weight is 249 g/mol. The molecule has 0 fully saturated rings. The molecule has 0 aliphatic heterocycles. The van der Waals surface area contributed by atoms with E-state index in [1.54, 1.807) is 6.92 Å². The fraction of sp³-hybridized carbons (Fsp3) is 0.500. The highest BCUT2D eigenvalue weighted by atomic mass is 16.2. The Kier molecular flexibility index (Phi) is 5.82. The molecular formula is C14H23N3O. The first-order valence-corrected chi connectivity index (χ1v) is 6.23. The van der Waals surface area contributed by atoms with Gasteiger partial charge in [0.1, 0.15) is 0 Å². The Bertz CT molecular complexity index is 363. The van der Waals surface area contributed by atoms with Gasteiger partial charge in [-0.15, -0.1) is 0 Å². The number of hydrogen-bond donors (Lipinski definition) is 1. The molecule has 4 heteroatoms. The Morgan fingerprint density at radius 3 is 2.33 bits per heavy atom. The average Bonchev–Trinajstić information content (AvgIpc) is 2.34. The third kappa shape index (κ3) is 4.85. The van der Waals surface area contributed by atoms with Crippen LogP contribution >= 0.6 is 0 Å². The number of rotatable bonds is 6. The van der Waals surface area contributed by atoms with Gasteiger partial charge in [0, 0.05) is 19.6 Å². The van der Waals surface area contributed by atoms with Gasteiger partial charge in [-0.3, -0.25) is 4.79 Å². The standard InChI is InChI=1S/C14H23N3O/c1-12(15)14(18)17(10-9-16(2)3)11-13-7-5-4-6-8-13/h4-8,12H,9-11,15H2,1-3H3. The summed E-state index contributed by atoms with van der Waals surface area (Å²) in [5.41, 5.74) is 6.82. The smallest absolute Gasteiger partial charge is 0.239 e. The highest BCUT2D eigenvalue weighted by Crippen LogP contribution is 2.05. The number of likely N-dealkylation sites (N-methyl/N-ethyl adjacent to an activating group) is 1. The van der Waals surface area contributed by atoms with E-state index < -0.39 is 6.04 Å². The highest BCUT2D eigenvalue weighted by molar-refractivity contribution is 5.81. The SMILES string of the molecule is CC(N)C(=O)N(CCN(C)C)Cc1ccccc1. The lowest BCUT2D eigenvalue weighted by molar-refractivity contribution is -0.133. The summed E-state index contributed by atoms with van der Waals surface area (Å²) < 4.78 is 0. The molecule has 100 valence electrons. The van der Waals surface area contributed by atoms with Crippen molar-refractivity contribution in [2.75, 3.05) is 27.2 Å². The third-order valence-corrected chi connectivity index (χ3v) is 2.73. The second kappa shape index (κ2) is 7.13. The number of carbonyl (C=O) groups excluding carboxylic acids is 1. The van der Waals surface area contributed by atoms with Crippen LogP contribution in [0, 0.1) is 0 Å². The van der Waals surface area contributed by atoms with Crippen LogP contribution in [0.2, 0.25) is 0 Å². The maximum absolute atomic E-state index is 12.0. The largest absolute Gasteiger partial charge is 0.336 e. The molecule has 0 spiro atoms. The van der Waals surface area contributed by atoms with E-state index in [-0.39, 0.29) is 5.91 Å². The van der Waals surface area contributed by atoms with Crippen molar-refractivity contribution < 1.29 is 4.79 Å². The zero-order chi connectivity index (χ0) is 13.5. The van der Waals surface area contributed by atoms with Crippen molar-refractivity contribution in [3.05, 3.63) is 35.9 Å². The third-order valence-electron chi connectivity index (χ3n) is 2.73. The molecule has 0 aromatic heterocycles. The molecule has 0 saturated carbocycles. The van der Waals surface area contributed by atoms with Gasteiger partial charge in [-0.05, 0) is 26.6 Å². The van der Waals surface area contributed by atoms with E-state index in [0.29, 0.717) is 13.1 Å². The van der Waals surface area contributed by atoms with Gasteiger partial charge in [0.25, 0.3) is 0 Å². The molecule has 1 aromatic carbocycles. The normalized spacial score (nSPS) is 12.5. The second-order valence-corrected chi connectivity index (χ2v) is 4.84. The summed E-state index contributed by atoms with van der Waals surface area (Å²) >= 11 is 0. The lowest BCUT2D eigenvalue weighted by Crippen LogP contribution is -2.44. The van der Waals surface area contributed by atoms with Gasteiger partial charge in [-0.25, -0.2) is 0 Å². The van der Waals surface area contributed by atoms with Crippen LogP contribution in [0.1, 0.15) is 12.5 Å². The topological polar surface area (TPSA) is 49.6 Å². The monoisotopic (exact) mass is 249 g/mol. The number of hydrogen-bond acceptors (Lipinski definition) is 3. The van der Waals surface area contributed by atoms with E-state index in [1.165, 1.54) is 0 Å². The second-order valence-electron chi connectivity index (χ2n) is 4.84. The van der Waals surface area contributed by atoms with Gasteiger partial charge < -0.3 is 15.5 Å². The van der Waals surface area contributed by atoms with E-state index in [9.17, 15) is 4.79 Å². The van der Waals surface area contributed by atoms with Crippen molar-refractivity contribution in [2.45, 2.75) is 19.5 Å². The predicted octanol–water partition coefficient (Wildman–Crippen LogP) is 0.924.